The smallest absolute Gasteiger partial charge is 0.216 e. The van der Waals surface area contributed by atoms with Gasteiger partial charge in [-0.3, -0.25) is 0 Å². The molecule has 0 aliphatic carbocycles. The molecule has 0 fully saturated rings. The van der Waals surface area contributed by atoms with Gasteiger partial charge in [0, 0.05) is 11.8 Å². The van der Waals surface area contributed by atoms with Crippen molar-refractivity contribution in [2.24, 2.45) is 0 Å². The van der Waals surface area contributed by atoms with Crippen molar-refractivity contribution in [3.8, 4) is 5.88 Å². The van der Waals surface area contributed by atoms with Crippen molar-refractivity contribution < 1.29 is 4.74 Å². The van der Waals surface area contributed by atoms with Gasteiger partial charge in [-0.25, -0.2) is 4.98 Å². The van der Waals surface area contributed by atoms with E-state index in [0.717, 1.165) is 11.4 Å². The van der Waals surface area contributed by atoms with Gasteiger partial charge in [0.05, 0.1) is 6.61 Å². The quantitative estimate of drug-likeness (QED) is 0.671. The average molecular weight is 165 g/mol. The second-order valence-corrected chi connectivity index (χ2v) is 2.93. The second-order valence-electron chi connectivity index (χ2n) is 2.93. The molecule has 0 aliphatic heterocycles. The fourth-order valence-electron chi connectivity index (χ4n) is 1.09. The zero-order valence-corrected chi connectivity index (χ0v) is 8.14. The molecule has 0 amide bonds. The van der Waals surface area contributed by atoms with Gasteiger partial charge >= 0.3 is 0 Å². The molecule has 1 heterocycles. The van der Waals surface area contributed by atoms with Gasteiger partial charge in [0.1, 0.15) is 0 Å². The van der Waals surface area contributed by atoms with Crippen molar-refractivity contribution in [1.29, 1.82) is 0 Å². The van der Waals surface area contributed by atoms with Crippen LogP contribution in [0.25, 0.3) is 0 Å². The van der Waals surface area contributed by atoms with E-state index < -0.39 is 0 Å². The van der Waals surface area contributed by atoms with E-state index in [2.05, 4.69) is 18.8 Å². The van der Waals surface area contributed by atoms with Crippen molar-refractivity contribution in [2.45, 2.75) is 27.7 Å². The SMILES string of the molecule is CCOc1ncc(C)c(C)c1C. The topological polar surface area (TPSA) is 22.1 Å². The molecule has 0 atom stereocenters. The van der Waals surface area contributed by atoms with E-state index in [1.807, 2.05) is 20.0 Å². The fourth-order valence-corrected chi connectivity index (χ4v) is 1.09. The number of pyridine rings is 1. The van der Waals surface area contributed by atoms with Crippen LogP contribution in [0.4, 0.5) is 0 Å². The first-order valence-corrected chi connectivity index (χ1v) is 4.22. The van der Waals surface area contributed by atoms with Crippen LogP contribution in [0.15, 0.2) is 6.20 Å². The molecule has 12 heavy (non-hydrogen) atoms. The fraction of sp³-hybridized carbons (Fsp3) is 0.500. The minimum Gasteiger partial charge on any atom is -0.478 e. The Morgan fingerprint density at radius 3 is 2.50 bits per heavy atom. The van der Waals surface area contributed by atoms with E-state index in [1.165, 1.54) is 11.1 Å². The Bertz CT molecular complexity index is 281. The maximum atomic E-state index is 5.36. The minimum absolute atomic E-state index is 0.677. The van der Waals surface area contributed by atoms with Gasteiger partial charge in [0.25, 0.3) is 0 Å². The molecule has 0 unspecified atom stereocenters. The van der Waals surface area contributed by atoms with Crippen LogP contribution in [-0.4, -0.2) is 11.6 Å². The first-order chi connectivity index (χ1) is 5.66. The number of hydrogen-bond acceptors (Lipinski definition) is 2. The zero-order chi connectivity index (χ0) is 9.14. The van der Waals surface area contributed by atoms with Crippen LogP contribution in [0.5, 0.6) is 5.88 Å². The molecule has 1 aromatic rings. The van der Waals surface area contributed by atoms with Crippen molar-refractivity contribution >= 4 is 0 Å². The highest BCUT2D eigenvalue weighted by Crippen LogP contribution is 2.20. The Morgan fingerprint density at radius 2 is 1.92 bits per heavy atom. The maximum Gasteiger partial charge on any atom is 0.216 e. The number of aromatic nitrogens is 1. The number of nitrogens with zero attached hydrogens (tertiary/aromatic N) is 1. The second kappa shape index (κ2) is 3.57. The molecule has 0 N–H and O–H groups in total. The Balaban J connectivity index is 3.08. The van der Waals surface area contributed by atoms with Gasteiger partial charge in [0.2, 0.25) is 5.88 Å². The summed E-state index contributed by atoms with van der Waals surface area (Å²) in [5.41, 5.74) is 3.64. The Kier molecular flexibility index (Phi) is 2.69. The normalized spacial score (nSPS) is 10.0. The molecule has 66 valence electrons. The lowest BCUT2D eigenvalue weighted by atomic mass is 10.1. The van der Waals surface area contributed by atoms with Gasteiger partial charge in [-0.2, -0.15) is 0 Å². The third kappa shape index (κ3) is 1.58. The van der Waals surface area contributed by atoms with E-state index in [4.69, 9.17) is 4.74 Å². The predicted molar refractivity (Wildman–Crippen MR) is 49.6 cm³/mol. The van der Waals surface area contributed by atoms with Crippen molar-refractivity contribution in [3.05, 3.63) is 22.9 Å². The van der Waals surface area contributed by atoms with Crippen LogP contribution in [-0.2, 0) is 0 Å². The van der Waals surface area contributed by atoms with E-state index in [1.54, 1.807) is 0 Å². The molecule has 0 spiro atoms. The monoisotopic (exact) mass is 165 g/mol. The summed E-state index contributed by atoms with van der Waals surface area (Å²) in [6.45, 7) is 8.84. The van der Waals surface area contributed by atoms with Crippen molar-refractivity contribution in [1.82, 2.24) is 4.98 Å². The Hall–Kier alpha value is -1.05. The molecular weight excluding hydrogens is 150 g/mol. The molecule has 0 aliphatic rings. The molecule has 2 nitrogen and oxygen atoms in total. The first-order valence-electron chi connectivity index (χ1n) is 4.22. The molecule has 0 bridgehead atoms. The lowest BCUT2D eigenvalue weighted by Gasteiger charge is -2.09. The summed E-state index contributed by atoms with van der Waals surface area (Å²) in [7, 11) is 0. The molecule has 1 aromatic heterocycles. The molecule has 2 heteroatoms. The molecular formula is C10H15NO. The van der Waals surface area contributed by atoms with Gasteiger partial charge in [-0.05, 0) is 38.8 Å². The van der Waals surface area contributed by atoms with E-state index >= 15 is 0 Å². The van der Waals surface area contributed by atoms with E-state index in [9.17, 15) is 0 Å². The molecule has 0 radical (unpaired) electrons. The summed E-state index contributed by atoms with van der Waals surface area (Å²) in [6.07, 6.45) is 1.85. The molecule has 0 aromatic carbocycles. The summed E-state index contributed by atoms with van der Waals surface area (Å²) >= 11 is 0. The van der Waals surface area contributed by atoms with Crippen molar-refractivity contribution in [2.75, 3.05) is 6.61 Å². The number of aryl methyl sites for hydroxylation is 1. The summed E-state index contributed by atoms with van der Waals surface area (Å²) in [5, 5.41) is 0. The van der Waals surface area contributed by atoms with Crippen molar-refractivity contribution in [3.63, 3.8) is 0 Å². The molecule has 1 rings (SSSR count). The average Bonchev–Trinajstić information content (AvgIpc) is 2.07. The summed E-state index contributed by atoms with van der Waals surface area (Å²) in [6, 6.07) is 0. The van der Waals surface area contributed by atoms with Crippen LogP contribution < -0.4 is 4.74 Å². The van der Waals surface area contributed by atoms with Gasteiger partial charge in [0.15, 0.2) is 0 Å². The first kappa shape index (κ1) is 9.04. The highest BCUT2D eigenvalue weighted by atomic mass is 16.5. The highest BCUT2D eigenvalue weighted by molar-refractivity contribution is 5.36. The summed E-state index contributed by atoms with van der Waals surface area (Å²) in [4.78, 5) is 4.21. The van der Waals surface area contributed by atoms with E-state index in [0.29, 0.717) is 6.61 Å². The van der Waals surface area contributed by atoms with E-state index in [-0.39, 0.29) is 0 Å². The molecule has 0 saturated heterocycles. The lowest BCUT2D eigenvalue weighted by Crippen LogP contribution is -1.99. The highest BCUT2D eigenvalue weighted by Gasteiger charge is 2.04. The number of hydrogen-bond donors (Lipinski definition) is 0. The van der Waals surface area contributed by atoms with Crippen LogP contribution in [0.2, 0.25) is 0 Å². The molecule has 0 saturated carbocycles. The van der Waals surface area contributed by atoms with Gasteiger partial charge in [-0.15, -0.1) is 0 Å². The lowest BCUT2D eigenvalue weighted by molar-refractivity contribution is 0.324. The summed E-state index contributed by atoms with van der Waals surface area (Å²) in [5.74, 6) is 0.764. The van der Waals surface area contributed by atoms with Crippen LogP contribution in [0, 0.1) is 20.8 Å². The third-order valence-corrected chi connectivity index (χ3v) is 2.13. The van der Waals surface area contributed by atoms with Crippen LogP contribution >= 0.6 is 0 Å². The van der Waals surface area contributed by atoms with Crippen LogP contribution in [0.1, 0.15) is 23.6 Å². The Morgan fingerprint density at radius 1 is 1.25 bits per heavy atom. The standard InChI is InChI=1S/C10H15NO/c1-5-12-10-9(4)8(3)7(2)6-11-10/h6H,5H2,1-4H3. The third-order valence-electron chi connectivity index (χ3n) is 2.13. The van der Waals surface area contributed by atoms with Crippen LogP contribution in [0.3, 0.4) is 0 Å². The minimum atomic E-state index is 0.677. The number of ether oxygens (including phenoxy) is 1. The summed E-state index contributed by atoms with van der Waals surface area (Å²) < 4.78 is 5.36. The largest absolute Gasteiger partial charge is 0.478 e. The maximum absolute atomic E-state index is 5.36. The van der Waals surface area contributed by atoms with Gasteiger partial charge in [-0.1, -0.05) is 0 Å². The Labute approximate surface area is 73.6 Å². The predicted octanol–water partition coefficient (Wildman–Crippen LogP) is 2.41. The van der Waals surface area contributed by atoms with Gasteiger partial charge < -0.3 is 4.74 Å². The zero-order valence-electron chi connectivity index (χ0n) is 8.14. The number of rotatable bonds is 2.